The van der Waals surface area contributed by atoms with Gasteiger partial charge in [-0.15, -0.1) is 23.5 Å². The Balaban J connectivity index is 1.75. The molecule has 2 aliphatic heterocycles. The van der Waals surface area contributed by atoms with E-state index in [1.54, 1.807) is 11.8 Å². The maximum Gasteiger partial charge on any atom is 0.238 e. The Kier molecular flexibility index (Phi) is 4.27. The van der Waals surface area contributed by atoms with Crippen LogP contribution in [0.1, 0.15) is 18.0 Å². The fraction of sp³-hybridized carbons (Fsp3) is 0.462. The van der Waals surface area contributed by atoms with Gasteiger partial charge in [0.15, 0.2) is 0 Å². The number of nitrogens with one attached hydrogen (secondary N) is 2. The van der Waals surface area contributed by atoms with Crippen molar-refractivity contribution in [2.45, 2.75) is 23.4 Å². The summed E-state index contributed by atoms with van der Waals surface area (Å²) in [5.41, 5.74) is 1.16. The van der Waals surface area contributed by atoms with Gasteiger partial charge in [-0.2, -0.15) is 0 Å². The summed E-state index contributed by atoms with van der Waals surface area (Å²) in [7, 11) is 0. The zero-order valence-corrected chi connectivity index (χ0v) is 12.7. The number of amides is 1. The number of rotatable bonds is 2. The van der Waals surface area contributed by atoms with Crippen LogP contribution in [0.5, 0.6) is 0 Å². The van der Waals surface area contributed by atoms with Crippen molar-refractivity contribution in [2.24, 2.45) is 0 Å². The number of carbonyl (C=O) groups is 1. The van der Waals surface area contributed by atoms with Crippen LogP contribution in [-0.4, -0.2) is 29.3 Å². The number of halogens is 1. The van der Waals surface area contributed by atoms with E-state index in [4.69, 9.17) is 11.6 Å². The van der Waals surface area contributed by atoms with Gasteiger partial charge in [0, 0.05) is 27.3 Å². The number of benzene rings is 1. The van der Waals surface area contributed by atoms with Crippen LogP contribution < -0.4 is 10.6 Å². The summed E-state index contributed by atoms with van der Waals surface area (Å²) in [6.07, 6.45) is 0.962. The van der Waals surface area contributed by atoms with E-state index in [1.165, 1.54) is 4.90 Å². The van der Waals surface area contributed by atoms with Gasteiger partial charge in [-0.25, -0.2) is 0 Å². The van der Waals surface area contributed by atoms with Crippen molar-refractivity contribution in [1.29, 1.82) is 0 Å². The molecule has 2 aliphatic rings. The second-order valence-electron chi connectivity index (χ2n) is 4.65. The zero-order valence-electron chi connectivity index (χ0n) is 10.3. The fourth-order valence-electron chi connectivity index (χ4n) is 2.35. The van der Waals surface area contributed by atoms with Crippen LogP contribution in [0.25, 0.3) is 0 Å². The van der Waals surface area contributed by atoms with Gasteiger partial charge in [-0.1, -0.05) is 11.6 Å². The van der Waals surface area contributed by atoms with Crippen molar-refractivity contribution in [3.05, 3.63) is 28.8 Å². The fourth-order valence-corrected chi connectivity index (χ4v) is 4.58. The van der Waals surface area contributed by atoms with Crippen molar-refractivity contribution in [1.82, 2.24) is 10.6 Å². The highest BCUT2D eigenvalue weighted by Gasteiger charge is 2.27. The third kappa shape index (κ3) is 3.05. The van der Waals surface area contributed by atoms with E-state index in [0.29, 0.717) is 0 Å². The molecule has 0 spiro atoms. The van der Waals surface area contributed by atoms with Gasteiger partial charge >= 0.3 is 0 Å². The van der Waals surface area contributed by atoms with Crippen molar-refractivity contribution >= 4 is 41.0 Å². The lowest BCUT2D eigenvalue weighted by Gasteiger charge is -2.27. The maximum atomic E-state index is 12.2. The molecule has 0 bridgehead atoms. The van der Waals surface area contributed by atoms with Gasteiger partial charge in [-0.3, -0.25) is 10.1 Å². The van der Waals surface area contributed by atoms with E-state index >= 15 is 0 Å². The van der Waals surface area contributed by atoms with E-state index in [2.05, 4.69) is 10.6 Å². The number of hydrogen-bond donors (Lipinski definition) is 2. The summed E-state index contributed by atoms with van der Waals surface area (Å²) >= 11 is 9.66. The number of hydrogen-bond acceptors (Lipinski definition) is 4. The monoisotopic (exact) mass is 314 g/mol. The molecule has 2 atom stereocenters. The molecule has 2 N–H and O–H groups in total. The number of carbonyl (C=O) groups excluding carboxylic acids is 1. The lowest BCUT2D eigenvalue weighted by atomic mass is 10.0. The molecule has 1 saturated heterocycles. The summed E-state index contributed by atoms with van der Waals surface area (Å²) < 4.78 is 0. The lowest BCUT2D eigenvalue weighted by molar-refractivity contribution is -0.123. The third-order valence-corrected chi connectivity index (χ3v) is 5.66. The van der Waals surface area contributed by atoms with Gasteiger partial charge in [0.05, 0.1) is 12.1 Å². The summed E-state index contributed by atoms with van der Waals surface area (Å²) in [4.78, 5) is 13.4. The molecule has 2 heterocycles. The molecule has 0 aromatic heterocycles. The predicted octanol–water partition coefficient (Wildman–Crippen LogP) is 2.66. The second kappa shape index (κ2) is 5.95. The largest absolute Gasteiger partial charge is 0.348 e. The molecule has 2 unspecified atom stereocenters. The Morgan fingerprint density at radius 1 is 1.47 bits per heavy atom. The molecule has 102 valence electrons. The zero-order chi connectivity index (χ0) is 13.2. The van der Waals surface area contributed by atoms with E-state index in [9.17, 15) is 4.79 Å². The first-order valence-electron chi connectivity index (χ1n) is 6.28. The average molecular weight is 315 g/mol. The minimum Gasteiger partial charge on any atom is -0.348 e. The van der Waals surface area contributed by atoms with Gasteiger partial charge in [-0.05, 0) is 30.2 Å². The van der Waals surface area contributed by atoms with Gasteiger partial charge in [0.25, 0.3) is 0 Å². The summed E-state index contributed by atoms with van der Waals surface area (Å²) in [5.74, 6) is 2.86. The predicted molar refractivity (Wildman–Crippen MR) is 81.9 cm³/mol. The van der Waals surface area contributed by atoms with E-state index in [-0.39, 0.29) is 18.0 Å². The molecular weight excluding hydrogens is 300 g/mol. The Morgan fingerprint density at radius 3 is 3.16 bits per heavy atom. The molecule has 3 nitrogen and oxygen atoms in total. The van der Waals surface area contributed by atoms with Crippen LogP contribution in [-0.2, 0) is 4.79 Å². The summed E-state index contributed by atoms with van der Waals surface area (Å²) in [6.45, 7) is 0. The number of thioether (sulfide) groups is 2. The Bertz CT molecular complexity index is 492. The van der Waals surface area contributed by atoms with Crippen LogP contribution in [0.3, 0.4) is 0 Å². The molecule has 1 aromatic rings. The highest BCUT2D eigenvalue weighted by molar-refractivity contribution is 7.99. The third-order valence-electron chi connectivity index (χ3n) is 3.36. The Labute approximate surface area is 126 Å². The maximum absolute atomic E-state index is 12.2. The molecule has 6 heteroatoms. The molecular formula is C13H15ClN2OS2. The van der Waals surface area contributed by atoms with Crippen molar-refractivity contribution < 1.29 is 4.79 Å². The van der Waals surface area contributed by atoms with Crippen LogP contribution in [0, 0.1) is 0 Å². The molecule has 0 saturated carbocycles. The van der Waals surface area contributed by atoms with Crippen LogP contribution >= 0.6 is 35.1 Å². The first-order valence-corrected chi connectivity index (χ1v) is 8.79. The van der Waals surface area contributed by atoms with Gasteiger partial charge in [0.1, 0.15) is 0 Å². The van der Waals surface area contributed by atoms with Gasteiger partial charge < -0.3 is 5.32 Å². The van der Waals surface area contributed by atoms with E-state index < -0.39 is 0 Å². The first kappa shape index (κ1) is 13.6. The molecule has 1 fully saturated rings. The van der Waals surface area contributed by atoms with E-state index in [1.807, 2.05) is 30.0 Å². The van der Waals surface area contributed by atoms with Crippen LogP contribution in [0.2, 0.25) is 5.02 Å². The highest BCUT2D eigenvalue weighted by Crippen LogP contribution is 2.37. The normalized spacial score (nSPS) is 25.9. The molecule has 0 radical (unpaired) electrons. The van der Waals surface area contributed by atoms with E-state index in [0.717, 1.165) is 34.4 Å². The van der Waals surface area contributed by atoms with Crippen LogP contribution in [0.15, 0.2) is 23.1 Å². The minimum atomic E-state index is -0.0535. The van der Waals surface area contributed by atoms with Crippen molar-refractivity contribution in [2.75, 3.05) is 17.4 Å². The summed E-state index contributed by atoms with van der Waals surface area (Å²) in [6, 6.07) is 5.97. The minimum absolute atomic E-state index is 0.0535. The molecule has 3 rings (SSSR count). The SMILES string of the molecule is O=C(NC1CCSc2ccc(Cl)cc21)C1CSCN1. The smallest absolute Gasteiger partial charge is 0.238 e. The quantitative estimate of drug-likeness (QED) is 0.880. The van der Waals surface area contributed by atoms with Crippen molar-refractivity contribution in [3.8, 4) is 0 Å². The molecule has 0 aliphatic carbocycles. The summed E-state index contributed by atoms with van der Waals surface area (Å²) in [5, 5.41) is 7.09. The lowest BCUT2D eigenvalue weighted by Crippen LogP contribution is -2.44. The Morgan fingerprint density at radius 2 is 2.37 bits per heavy atom. The number of fused-ring (bicyclic) bond motifs is 1. The Hall–Kier alpha value is -0.360. The second-order valence-corrected chi connectivity index (χ2v) is 7.26. The first-order chi connectivity index (χ1) is 9.24. The van der Waals surface area contributed by atoms with Crippen LogP contribution in [0.4, 0.5) is 0 Å². The average Bonchev–Trinajstić information content (AvgIpc) is 2.93. The molecule has 1 aromatic carbocycles. The van der Waals surface area contributed by atoms with Gasteiger partial charge in [0.2, 0.25) is 5.91 Å². The molecule has 1 amide bonds. The topological polar surface area (TPSA) is 41.1 Å². The molecule has 19 heavy (non-hydrogen) atoms. The van der Waals surface area contributed by atoms with Crippen molar-refractivity contribution in [3.63, 3.8) is 0 Å². The standard InChI is InChI=1S/C13H15ClN2OS2/c14-8-1-2-12-9(5-8)10(3-4-19-12)16-13(17)11-6-18-7-15-11/h1-2,5,10-11,15H,3-4,6-7H2,(H,16,17). The highest BCUT2D eigenvalue weighted by atomic mass is 35.5.